The van der Waals surface area contributed by atoms with Gasteiger partial charge < -0.3 is 15.0 Å². The highest BCUT2D eigenvalue weighted by molar-refractivity contribution is 6.31. The third-order valence-corrected chi connectivity index (χ3v) is 5.74. The Morgan fingerprint density at radius 1 is 1.10 bits per heavy atom. The molecule has 0 spiro atoms. The number of nitrogens with zero attached hydrogens (tertiary/aromatic N) is 1. The molecule has 0 saturated carbocycles. The Kier molecular flexibility index (Phi) is 9.38. The summed E-state index contributed by atoms with van der Waals surface area (Å²) in [5.74, 6) is 0.239. The Hall–Kier alpha value is -2.53. The number of nitrogens with one attached hydrogen (secondary N) is 1. The van der Waals surface area contributed by atoms with E-state index in [4.69, 9.17) is 16.3 Å². The predicted molar refractivity (Wildman–Crippen MR) is 125 cm³/mol. The predicted octanol–water partition coefficient (Wildman–Crippen LogP) is 5.06. The van der Waals surface area contributed by atoms with Crippen molar-refractivity contribution < 1.29 is 14.3 Å². The molecule has 0 saturated heterocycles. The minimum Gasteiger partial charge on any atom is -0.483 e. The van der Waals surface area contributed by atoms with Gasteiger partial charge in [-0.1, -0.05) is 61.3 Å². The molecule has 31 heavy (non-hydrogen) atoms. The summed E-state index contributed by atoms with van der Waals surface area (Å²) < 4.78 is 5.82. The van der Waals surface area contributed by atoms with Crippen LogP contribution in [-0.4, -0.2) is 35.4 Å². The molecule has 2 atom stereocenters. The zero-order chi connectivity index (χ0) is 23.0. The van der Waals surface area contributed by atoms with E-state index >= 15 is 0 Å². The molecule has 0 unspecified atom stereocenters. The third kappa shape index (κ3) is 7.00. The summed E-state index contributed by atoms with van der Waals surface area (Å²) in [6.07, 6.45) is 1.30. The molecule has 168 valence electrons. The van der Waals surface area contributed by atoms with Crippen molar-refractivity contribution in [2.24, 2.45) is 0 Å². The van der Waals surface area contributed by atoms with E-state index in [2.05, 4.69) is 5.32 Å². The summed E-state index contributed by atoms with van der Waals surface area (Å²) in [5, 5.41) is 3.56. The fraction of sp³-hybridized carbons (Fsp3) is 0.440. The smallest absolute Gasteiger partial charge is 0.261 e. The van der Waals surface area contributed by atoms with E-state index in [0.717, 1.165) is 23.1 Å². The summed E-state index contributed by atoms with van der Waals surface area (Å²) >= 11 is 6.35. The van der Waals surface area contributed by atoms with E-state index in [1.165, 1.54) is 0 Å². The first-order chi connectivity index (χ1) is 14.8. The monoisotopic (exact) mass is 444 g/mol. The van der Waals surface area contributed by atoms with E-state index in [1.54, 1.807) is 11.0 Å². The quantitative estimate of drug-likeness (QED) is 0.557. The van der Waals surface area contributed by atoms with Gasteiger partial charge in [-0.2, -0.15) is 0 Å². The number of amides is 2. The van der Waals surface area contributed by atoms with Crippen LogP contribution in [0.2, 0.25) is 5.02 Å². The number of aryl methyl sites for hydroxylation is 2. The van der Waals surface area contributed by atoms with Crippen molar-refractivity contribution in [3.8, 4) is 5.75 Å². The molecule has 0 bridgehead atoms. The Labute approximate surface area is 190 Å². The van der Waals surface area contributed by atoms with Crippen LogP contribution < -0.4 is 10.1 Å². The third-order valence-electron chi connectivity index (χ3n) is 5.37. The molecule has 2 rings (SSSR count). The zero-order valence-corrected chi connectivity index (χ0v) is 19.8. The molecule has 0 fully saturated rings. The van der Waals surface area contributed by atoms with Crippen molar-refractivity contribution in [3.05, 3.63) is 64.2 Å². The topological polar surface area (TPSA) is 58.6 Å². The molecular weight excluding hydrogens is 412 g/mol. The second kappa shape index (κ2) is 11.8. The Balaban J connectivity index is 2.25. The summed E-state index contributed by atoms with van der Waals surface area (Å²) in [4.78, 5) is 27.8. The van der Waals surface area contributed by atoms with Crippen LogP contribution in [0.25, 0.3) is 0 Å². The molecule has 0 heterocycles. The lowest BCUT2D eigenvalue weighted by molar-refractivity contribution is -0.143. The van der Waals surface area contributed by atoms with E-state index in [0.29, 0.717) is 17.2 Å². The minimum absolute atomic E-state index is 0.0327. The number of hydrogen-bond donors (Lipinski definition) is 1. The molecule has 6 heteroatoms. The molecule has 0 aromatic heterocycles. The lowest BCUT2D eigenvalue weighted by atomic mass is 10.1. The van der Waals surface area contributed by atoms with Gasteiger partial charge in [0, 0.05) is 17.6 Å². The largest absolute Gasteiger partial charge is 0.483 e. The zero-order valence-electron chi connectivity index (χ0n) is 19.1. The fourth-order valence-electron chi connectivity index (χ4n) is 3.35. The van der Waals surface area contributed by atoms with Gasteiger partial charge in [0.15, 0.2) is 6.61 Å². The maximum absolute atomic E-state index is 13.2. The highest BCUT2D eigenvalue weighted by Crippen LogP contribution is 2.22. The van der Waals surface area contributed by atoms with Gasteiger partial charge in [-0.25, -0.2) is 0 Å². The first kappa shape index (κ1) is 24.7. The lowest BCUT2D eigenvalue weighted by Crippen LogP contribution is -2.51. The van der Waals surface area contributed by atoms with Crippen LogP contribution in [0.15, 0.2) is 42.5 Å². The van der Waals surface area contributed by atoms with Gasteiger partial charge in [-0.05, 0) is 56.9 Å². The van der Waals surface area contributed by atoms with Crippen LogP contribution >= 0.6 is 11.6 Å². The first-order valence-corrected chi connectivity index (χ1v) is 11.2. The van der Waals surface area contributed by atoms with E-state index in [-0.39, 0.29) is 31.0 Å². The second-order valence-corrected chi connectivity index (χ2v) is 8.32. The van der Waals surface area contributed by atoms with Crippen LogP contribution in [0.4, 0.5) is 0 Å². The van der Waals surface area contributed by atoms with Crippen molar-refractivity contribution in [1.29, 1.82) is 0 Å². The maximum atomic E-state index is 13.2. The van der Waals surface area contributed by atoms with Gasteiger partial charge in [0.25, 0.3) is 5.91 Å². The number of rotatable bonds is 10. The van der Waals surface area contributed by atoms with E-state index < -0.39 is 6.04 Å². The molecule has 0 aliphatic heterocycles. The van der Waals surface area contributed by atoms with Gasteiger partial charge in [0.2, 0.25) is 5.91 Å². The molecule has 0 radical (unpaired) electrons. The van der Waals surface area contributed by atoms with E-state index in [9.17, 15) is 9.59 Å². The van der Waals surface area contributed by atoms with Crippen LogP contribution in [0, 0.1) is 13.8 Å². The number of benzene rings is 2. The number of ether oxygens (including phenoxy) is 1. The Bertz CT molecular complexity index is 900. The molecular formula is C25H33ClN2O3. The van der Waals surface area contributed by atoms with Crippen molar-refractivity contribution in [2.75, 3.05) is 6.61 Å². The highest BCUT2D eigenvalue weighted by atomic mass is 35.5. The summed E-state index contributed by atoms with van der Waals surface area (Å²) in [6.45, 7) is 9.91. The number of carbonyl (C=O) groups is 2. The molecule has 0 aliphatic carbocycles. The van der Waals surface area contributed by atoms with Crippen molar-refractivity contribution in [3.63, 3.8) is 0 Å². The Morgan fingerprint density at radius 3 is 2.42 bits per heavy atom. The van der Waals surface area contributed by atoms with Crippen LogP contribution in [0.3, 0.4) is 0 Å². The van der Waals surface area contributed by atoms with Crippen LogP contribution in [0.5, 0.6) is 5.75 Å². The van der Waals surface area contributed by atoms with E-state index in [1.807, 2.05) is 71.0 Å². The minimum atomic E-state index is -0.611. The van der Waals surface area contributed by atoms with Gasteiger partial charge in [0.05, 0.1) is 0 Å². The second-order valence-electron chi connectivity index (χ2n) is 7.91. The van der Waals surface area contributed by atoms with Crippen LogP contribution in [-0.2, 0) is 16.1 Å². The normalized spacial score (nSPS) is 12.7. The van der Waals surface area contributed by atoms with Crippen LogP contribution in [0.1, 0.15) is 50.3 Å². The van der Waals surface area contributed by atoms with Crippen molar-refractivity contribution in [2.45, 2.75) is 66.1 Å². The SMILES string of the molecule is CC[C@H](C)NC(=O)[C@H](CC)N(Cc1ccccc1Cl)C(=O)COc1ccc(C)cc1C. The highest BCUT2D eigenvalue weighted by Gasteiger charge is 2.30. The Morgan fingerprint density at radius 2 is 1.81 bits per heavy atom. The number of hydrogen-bond acceptors (Lipinski definition) is 3. The average molecular weight is 445 g/mol. The van der Waals surface area contributed by atoms with Gasteiger partial charge >= 0.3 is 0 Å². The van der Waals surface area contributed by atoms with Crippen molar-refractivity contribution in [1.82, 2.24) is 10.2 Å². The first-order valence-electron chi connectivity index (χ1n) is 10.8. The molecule has 2 aromatic rings. The summed E-state index contributed by atoms with van der Waals surface area (Å²) in [5.41, 5.74) is 2.88. The lowest BCUT2D eigenvalue weighted by Gasteiger charge is -2.31. The molecule has 0 aliphatic rings. The van der Waals surface area contributed by atoms with Gasteiger partial charge in [0.1, 0.15) is 11.8 Å². The molecule has 1 N–H and O–H groups in total. The molecule has 2 aromatic carbocycles. The standard InChI is InChI=1S/C25H33ClN2O3/c1-6-19(5)27-25(30)22(7-2)28(15-20-10-8-9-11-21(20)26)24(29)16-31-23-13-12-17(3)14-18(23)4/h8-14,19,22H,6-7,15-16H2,1-5H3,(H,27,30)/t19-,22-/m0/s1. The summed E-state index contributed by atoms with van der Waals surface area (Å²) in [6, 6.07) is 12.6. The number of carbonyl (C=O) groups excluding carboxylic acids is 2. The maximum Gasteiger partial charge on any atom is 0.261 e. The summed E-state index contributed by atoms with van der Waals surface area (Å²) in [7, 11) is 0. The average Bonchev–Trinajstić information content (AvgIpc) is 2.74. The number of halogens is 1. The fourth-order valence-corrected chi connectivity index (χ4v) is 3.55. The van der Waals surface area contributed by atoms with Gasteiger partial charge in [-0.3, -0.25) is 9.59 Å². The van der Waals surface area contributed by atoms with Gasteiger partial charge in [-0.15, -0.1) is 0 Å². The molecule has 5 nitrogen and oxygen atoms in total. The molecule has 2 amide bonds. The van der Waals surface area contributed by atoms with Crippen molar-refractivity contribution >= 4 is 23.4 Å².